The fraction of sp³-hybridized carbons (Fsp3) is 0.250. The van der Waals surface area contributed by atoms with E-state index in [0.717, 1.165) is 0 Å². The van der Waals surface area contributed by atoms with Crippen molar-refractivity contribution in [2.24, 2.45) is 0 Å². The predicted molar refractivity (Wildman–Crippen MR) is 78.4 cm³/mol. The van der Waals surface area contributed by atoms with Crippen molar-refractivity contribution in [3.8, 4) is 5.75 Å². The third-order valence-electron chi connectivity index (χ3n) is 2.26. The molecule has 0 spiro atoms. The highest BCUT2D eigenvalue weighted by atomic mass is 79.9. The number of carbonyl (C=O) groups is 3. The van der Waals surface area contributed by atoms with Crippen LogP contribution in [0.25, 0.3) is 0 Å². The normalized spacial score (nSPS) is 9.62. The maximum absolute atomic E-state index is 11.6. The number of amides is 3. The third kappa shape index (κ3) is 6.13. The predicted octanol–water partition coefficient (Wildman–Crippen LogP) is 0.780. The van der Waals surface area contributed by atoms with E-state index in [9.17, 15) is 14.4 Å². The summed E-state index contributed by atoms with van der Waals surface area (Å²) >= 11 is 3.28. The average Bonchev–Trinajstić information content (AvgIpc) is 2.43. The standard InChI is InChI=1S/C12H14BrN3O5/c1-21-9-3-2-7(4-8(9)13)16-12(20)15-5-10(17)14-6-11(18)19/h2-4H,5-6H2,1H3,(H,14,17)(H,18,19)(H2,15,16,20). The molecule has 21 heavy (non-hydrogen) atoms. The Balaban J connectivity index is 2.41. The number of carbonyl (C=O) groups excluding carboxylic acids is 2. The number of rotatable bonds is 6. The quantitative estimate of drug-likeness (QED) is 0.598. The highest BCUT2D eigenvalue weighted by Gasteiger charge is 2.08. The van der Waals surface area contributed by atoms with Gasteiger partial charge in [-0.3, -0.25) is 9.59 Å². The summed E-state index contributed by atoms with van der Waals surface area (Å²) in [6.45, 7) is -0.815. The molecule has 0 heterocycles. The van der Waals surface area contributed by atoms with Crippen LogP contribution in [0.3, 0.4) is 0 Å². The molecule has 114 valence electrons. The second-order valence-corrected chi connectivity index (χ2v) is 4.68. The van der Waals surface area contributed by atoms with Crippen LogP contribution in [-0.4, -0.2) is 43.2 Å². The number of carboxylic acids is 1. The van der Waals surface area contributed by atoms with Gasteiger partial charge in [-0.1, -0.05) is 0 Å². The number of hydrogen-bond acceptors (Lipinski definition) is 4. The Labute approximate surface area is 129 Å². The Morgan fingerprint density at radius 1 is 1.24 bits per heavy atom. The van der Waals surface area contributed by atoms with Crippen molar-refractivity contribution in [1.29, 1.82) is 0 Å². The SMILES string of the molecule is COc1ccc(NC(=O)NCC(=O)NCC(=O)O)cc1Br. The lowest BCUT2D eigenvalue weighted by atomic mass is 10.3. The molecule has 0 bridgehead atoms. The van der Waals surface area contributed by atoms with Crippen LogP contribution >= 0.6 is 15.9 Å². The van der Waals surface area contributed by atoms with Gasteiger partial charge in [0.1, 0.15) is 12.3 Å². The lowest BCUT2D eigenvalue weighted by molar-refractivity contribution is -0.137. The number of nitrogens with one attached hydrogen (secondary N) is 3. The molecule has 0 unspecified atom stereocenters. The highest BCUT2D eigenvalue weighted by Crippen LogP contribution is 2.27. The Morgan fingerprint density at radius 3 is 2.52 bits per heavy atom. The first-order valence-electron chi connectivity index (χ1n) is 5.79. The van der Waals surface area contributed by atoms with Crippen molar-refractivity contribution in [1.82, 2.24) is 10.6 Å². The van der Waals surface area contributed by atoms with Gasteiger partial charge in [0.15, 0.2) is 0 Å². The Kier molecular flexibility index (Phi) is 6.47. The molecule has 1 aromatic carbocycles. The van der Waals surface area contributed by atoms with Gasteiger partial charge in [0.2, 0.25) is 5.91 Å². The van der Waals surface area contributed by atoms with Crippen LogP contribution in [0.5, 0.6) is 5.75 Å². The molecule has 0 atom stereocenters. The van der Waals surface area contributed by atoms with E-state index in [1.807, 2.05) is 0 Å². The summed E-state index contributed by atoms with van der Waals surface area (Å²) in [4.78, 5) is 33.0. The lowest BCUT2D eigenvalue weighted by Gasteiger charge is -2.09. The van der Waals surface area contributed by atoms with Gasteiger partial charge in [-0.15, -0.1) is 0 Å². The summed E-state index contributed by atoms with van der Waals surface area (Å²) in [7, 11) is 1.52. The summed E-state index contributed by atoms with van der Waals surface area (Å²) in [6.07, 6.45) is 0. The van der Waals surface area contributed by atoms with E-state index in [4.69, 9.17) is 9.84 Å². The number of ether oxygens (including phenoxy) is 1. The average molecular weight is 360 g/mol. The molecular weight excluding hydrogens is 346 g/mol. The van der Waals surface area contributed by atoms with Crippen molar-refractivity contribution in [2.45, 2.75) is 0 Å². The fourth-order valence-corrected chi connectivity index (χ4v) is 1.86. The van der Waals surface area contributed by atoms with Gasteiger partial charge in [-0.05, 0) is 34.1 Å². The van der Waals surface area contributed by atoms with Crippen LogP contribution < -0.4 is 20.7 Å². The fourth-order valence-electron chi connectivity index (χ4n) is 1.32. The molecule has 8 nitrogen and oxygen atoms in total. The summed E-state index contributed by atoms with van der Waals surface area (Å²) in [6, 6.07) is 4.35. The summed E-state index contributed by atoms with van der Waals surface area (Å²) < 4.78 is 5.72. The zero-order valence-electron chi connectivity index (χ0n) is 11.1. The van der Waals surface area contributed by atoms with Crippen molar-refractivity contribution < 1.29 is 24.2 Å². The minimum absolute atomic E-state index is 0.323. The molecular formula is C12H14BrN3O5. The monoisotopic (exact) mass is 359 g/mol. The Bertz CT molecular complexity index is 550. The topological polar surface area (TPSA) is 117 Å². The summed E-state index contributed by atoms with van der Waals surface area (Å²) in [5, 5.41) is 15.3. The van der Waals surface area contributed by atoms with E-state index in [1.54, 1.807) is 18.2 Å². The zero-order valence-corrected chi connectivity index (χ0v) is 12.7. The van der Waals surface area contributed by atoms with Gasteiger partial charge in [0.05, 0.1) is 18.1 Å². The molecule has 0 aromatic heterocycles. The summed E-state index contributed by atoms with van der Waals surface area (Å²) in [5.74, 6) is -1.13. The van der Waals surface area contributed by atoms with Crippen molar-refractivity contribution in [3.05, 3.63) is 22.7 Å². The van der Waals surface area contributed by atoms with Crippen molar-refractivity contribution in [2.75, 3.05) is 25.5 Å². The molecule has 0 aliphatic heterocycles. The second-order valence-electron chi connectivity index (χ2n) is 3.83. The maximum atomic E-state index is 11.6. The molecule has 0 aliphatic carbocycles. The number of carboxylic acid groups (broad SMARTS) is 1. The Hall–Kier alpha value is -2.29. The molecule has 0 aliphatic rings. The number of benzene rings is 1. The third-order valence-corrected chi connectivity index (χ3v) is 2.88. The minimum Gasteiger partial charge on any atom is -0.496 e. The van der Waals surface area contributed by atoms with Crippen LogP contribution in [0.4, 0.5) is 10.5 Å². The van der Waals surface area contributed by atoms with Crippen LogP contribution in [0, 0.1) is 0 Å². The molecule has 0 saturated carbocycles. The van der Waals surface area contributed by atoms with Crippen LogP contribution in [0.2, 0.25) is 0 Å². The van der Waals surface area contributed by atoms with E-state index < -0.39 is 24.5 Å². The first-order chi connectivity index (χ1) is 9.92. The number of hydrogen-bond donors (Lipinski definition) is 4. The van der Waals surface area contributed by atoms with Crippen LogP contribution in [-0.2, 0) is 9.59 Å². The molecule has 3 amide bonds. The number of methoxy groups -OCH3 is 1. The maximum Gasteiger partial charge on any atom is 0.322 e. The largest absolute Gasteiger partial charge is 0.496 e. The minimum atomic E-state index is -1.16. The number of anilines is 1. The van der Waals surface area contributed by atoms with Crippen molar-refractivity contribution in [3.63, 3.8) is 0 Å². The van der Waals surface area contributed by atoms with E-state index >= 15 is 0 Å². The van der Waals surface area contributed by atoms with Gasteiger partial charge in [0, 0.05) is 5.69 Å². The summed E-state index contributed by atoms with van der Waals surface area (Å²) in [5.41, 5.74) is 0.506. The lowest BCUT2D eigenvalue weighted by Crippen LogP contribution is -2.40. The first kappa shape index (κ1) is 16.8. The molecule has 4 N–H and O–H groups in total. The van der Waals surface area contributed by atoms with Gasteiger partial charge in [-0.2, -0.15) is 0 Å². The first-order valence-corrected chi connectivity index (χ1v) is 6.58. The molecule has 9 heteroatoms. The van der Waals surface area contributed by atoms with Gasteiger partial charge >= 0.3 is 12.0 Å². The van der Waals surface area contributed by atoms with Gasteiger partial charge < -0.3 is 25.8 Å². The molecule has 1 aromatic rings. The number of urea groups is 1. The van der Waals surface area contributed by atoms with E-state index in [1.165, 1.54) is 7.11 Å². The molecule has 0 saturated heterocycles. The highest BCUT2D eigenvalue weighted by molar-refractivity contribution is 9.10. The van der Waals surface area contributed by atoms with Crippen LogP contribution in [0.1, 0.15) is 0 Å². The van der Waals surface area contributed by atoms with E-state index in [2.05, 4.69) is 31.9 Å². The van der Waals surface area contributed by atoms with Crippen LogP contribution in [0.15, 0.2) is 22.7 Å². The smallest absolute Gasteiger partial charge is 0.322 e. The Morgan fingerprint density at radius 2 is 1.95 bits per heavy atom. The van der Waals surface area contributed by atoms with Gasteiger partial charge in [0.25, 0.3) is 0 Å². The second kappa shape index (κ2) is 8.10. The molecule has 0 radical (unpaired) electrons. The van der Waals surface area contributed by atoms with E-state index in [0.29, 0.717) is 15.9 Å². The number of aliphatic carboxylic acids is 1. The zero-order chi connectivity index (χ0) is 15.8. The molecule has 0 fully saturated rings. The number of halogens is 1. The van der Waals surface area contributed by atoms with Crippen molar-refractivity contribution >= 4 is 39.5 Å². The molecule has 1 rings (SSSR count). The van der Waals surface area contributed by atoms with E-state index in [-0.39, 0.29) is 6.54 Å². The van der Waals surface area contributed by atoms with Gasteiger partial charge in [-0.25, -0.2) is 4.79 Å².